The molecular formula is C10H9N7O. The Labute approximate surface area is 101 Å². The van der Waals surface area contributed by atoms with Crippen molar-refractivity contribution < 1.29 is 4.79 Å². The maximum atomic E-state index is 11.5. The van der Waals surface area contributed by atoms with Crippen LogP contribution in [0.25, 0.3) is 22.4 Å². The third kappa shape index (κ3) is 1.52. The molecule has 0 radical (unpaired) electrons. The van der Waals surface area contributed by atoms with Crippen molar-refractivity contribution in [2.45, 2.75) is 0 Å². The fraction of sp³-hybridized carbons (Fsp3) is 0. The van der Waals surface area contributed by atoms with Crippen molar-refractivity contribution in [3.63, 3.8) is 0 Å². The highest BCUT2D eigenvalue weighted by molar-refractivity contribution is 5.89. The van der Waals surface area contributed by atoms with Crippen LogP contribution in [0.5, 0.6) is 0 Å². The summed E-state index contributed by atoms with van der Waals surface area (Å²) in [5, 5.41) is 7.27. The lowest BCUT2D eigenvalue weighted by molar-refractivity contribution is 0.243. The van der Waals surface area contributed by atoms with Crippen LogP contribution in [-0.4, -0.2) is 30.8 Å². The minimum absolute atomic E-state index is 0.457. The summed E-state index contributed by atoms with van der Waals surface area (Å²) in [6, 6.07) is 1.28. The van der Waals surface area contributed by atoms with Gasteiger partial charge >= 0.3 is 6.03 Å². The van der Waals surface area contributed by atoms with Crippen LogP contribution < -0.4 is 11.3 Å². The second kappa shape index (κ2) is 3.93. The van der Waals surface area contributed by atoms with Crippen molar-refractivity contribution >= 4 is 17.1 Å². The number of aromatic amines is 1. The highest BCUT2D eigenvalue weighted by atomic mass is 16.2. The Morgan fingerprint density at radius 1 is 1.44 bits per heavy atom. The lowest BCUT2D eigenvalue weighted by atomic mass is 10.3. The molecule has 3 aromatic heterocycles. The number of nitrogens with zero attached hydrogens (tertiary/aromatic N) is 4. The summed E-state index contributed by atoms with van der Waals surface area (Å²) >= 11 is 0. The first-order valence-electron chi connectivity index (χ1n) is 5.14. The Bertz CT molecular complexity index is 700. The van der Waals surface area contributed by atoms with Crippen molar-refractivity contribution in [3.8, 4) is 11.4 Å². The second-order valence-electron chi connectivity index (χ2n) is 3.59. The van der Waals surface area contributed by atoms with Gasteiger partial charge in [-0.05, 0) is 6.07 Å². The number of amides is 1. The molecule has 1 amide bonds. The van der Waals surface area contributed by atoms with Gasteiger partial charge in [0.15, 0.2) is 11.5 Å². The van der Waals surface area contributed by atoms with Gasteiger partial charge in [-0.2, -0.15) is 5.10 Å². The first-order valence-corrected chi connectivity index (χ1v) is 5.14. The van der Waals surface area contributed by atoms with E-state index in [2.05, 4.69) is 25.6 Å². The van der Waals surface area contributed by atoms with E-state index in [0.717, 1.165) is 10.9 Å². The second-order valence-corrected chi connectivity index (χ2v) is 3.59. The molecule has 0 aliphatic heterocycles. The number of carbonyl (C=O) groups is 1. The summed E-state index contributed by atoms with van der Waals surface area (Å²) in [6.07, 6.45) is 6.51. The molecule has 0 fully saturated rings. The number of fused-ring (bicyclic) bond motifs is 1. The van der Waals surface area contributed by atoms with Crippen LogP contribution in [0.1, 0.15) is 0 Å². The number of hydrogen-bond acceptors (Lipinski definition) is 5. The summed E-state index contributed by atoms with van der Waals surface area (Å²) in [5.74, 6) is 5.60. The molecular weight excluding hydrogens is 234 g/mol. The van der Waals surface area contributed by atoms with Crippen molar-refractivity contribution in [1.29, 1.82) is 0 Å². The van der Waals surface area contributed by atoms with Crippen LogP contribution in [0.3, 0.4) is 0 Å². The highest BCUT2D eigenvalue weighted by Gasteiger charge is 2.11. The van der Waals surface area contributed by atoms with E-state index < -0.39 is 6.03 Å². The van der Waals surface area contributed by atoms with Gasteiger partial charge in [-0.3, -0.25) is 15.1 Å². The molecule has 4 N–H and O–H groups in total. The predicted molar refractivity (Wildman–Crippen MR) is 63.2 cm³/mol. The molecule has 0 saturated carbocycles. The average molecular weight is 243 g/mol. The normalized spacial score (nSPS) is 10.7. The lowest BCUT2D eigenvalue weighted by Gasteiger charge is -2.02. The van der Waals surface area contributed by atoms with E-state index in [4.69, 9.17) is 5.84 Å². The Hall–Kier alpha value is -2.74. The molecule has 8 heteroatoms. The zero-order valence-corrected chi connectivity index (χ0v) is 9.16. The number of nitrogen functional groups attached to an aromatic ring is 1. The molecule has 0 saturated heterocycles. The molecule has 8 nitrogen and oxygen atoms in total. The summed E-state index contributed by atoms with van der Waals surface area (Å²) in [6.45, 7) is 0. The summed E-state index contributed by atoms with van der Waals surface area (Å²) < 4.78 is 1.32. The van der Waals surface area contributed by atoms with E-state index in [9.17, 15) is 4.79 Å². The molecule has 0 spiro atoms. The third-order valence-electron chi connectivity index (χ3n) is 2.53. The summed E-state index contributed by atoms with van der Waals surface area (Å²) in [7, 11) is 0. The Kier molecular flexibility index (Phi) is 2.27. The smallest absolute Gasteiger partial charge is 0.285 e. The van der Waals surface area contributed by atoms with E-state index in [1.807, 2.05) is 0 Å². The van der Waals surface area contributed by atoms with Gasteiger partial charge in [-0.15, -0.1) is 0 Å². The van der Waals surface area contributed by atoms with Gasteiger partial charge in [0, 0.05) is 24.0 Å². The van der Waals surface area contributed by atoms with E-state index in [1.54, 1.807) is 30.9 Å². The van der Waals surface area contributed by atoms with Gasteiger partial charge in [-0.25, -0.2) is 20.6 Å². The minimum atomic E-state index is -0.457. The van der Waals surface area contributed by atoms with Crippen molar-refractivity contribution in [2.24, 2.45) is 5.84 Å². The van der Waals surface area contributed by atoms with E-state index >= 15 is 0 Å². The van der Waals surface area contributed by atoms with E-state index in [1.165, 1.54) is 4.57 Å². The topological polar surface area (TPSA) is 115 Å². The molecule has 0 bridgehead atoms. The Balaban J connectivity index is 2.18. The Morgan fingerprint density at radius 3 is 3.06 bits per heavy atom. The number of carbonyl (C=O) groups excluding carboxylic acids is 1. The monoisotopic (exact) mass is 243 g/mol. The van der Waals surface area contributed by atoms with Crippen LogP contribution >= 0.6 is 0 Å². The standard InChI is InChI=1S/C10H9N7O/c11-16-10(18)17-2-1-6-3-12-8(15-9(6)17)7-4-13-14-5-7/h1-5H,11H2,(H,13,14)(H,16,18). The fourth-order valence-corrected chi connectivity index (χ4v) is 1.66. The number of hydrazine groups is 1. The van der Waals surface area contributed by atoms with Gasteiger partial charge in [0.05, 0.1) is 11.8 Å². The zero-order chi connectivity index (χ0) is 12.5. The first kappa shape index (κ1) is 10.4. The lowest BCUT2D eigenvalue weighted by Crippen LogP contribution is -2.33. The molecule has 3 rings (SSSR count). The fourth-order valence-electron chi connectivity index (χ4n) is 1.66. The Morgan fingerprint density at radius 2 is 2.33 bits per heavy atom. The number of nitrogens with two attached hydrogens (primary N) is 1. The van der Waals surface area contributed by atoms with Gasteiger partial charge in [-0.1, -0.05) is 0 Å². The number of hydrogen-bond donors (Lipinski definition) is 3. The molecule has 18 heavy (non-hydrogen) atoms. The van der Waals surface area contributed by atoms with Crippen molar-refractivity contribution in [3.05, 3.63) is 30.9 Å². The first-order chi connectivity index (χ1) is 8.79. The van der Waals surface area contributed by atoms with Crippen molar-refractivity contribution in [2.75, 3.05) is 0 Å². The highest BCUT2D eigenvalue weighted by Crippen LogP contribution is 2.17. The van der Waals surface area contributed by atoms with Gasteiger partial charge in [0.25, 0.3) is 0 Å². The van der Waals surface area contributed by atoms with Crippen LogP contribution in [-0.2, 0) is 0 Å². The molecule has 3 heterocycles. The third-order valence-corrected chi connectivity index (χ3v) is 2.53. The maximum Gasteiger partial charge on any atom is 0.341 e. The number of nitrogens with one attached hydrogen (secondary N) is 2. The molecule has 90 valence electrons. The van der Waals surface area contributed by atoms with Gasteiger partial charge < -0.3 is 0 Å². The van der Waals surface area contributed by atoms with Gasteiger partial charge in [0.2, 0.25) is 0 Å². The number of rotatable bonds is 1. The molecule has 0 aliphatic rings. The zero-order valence-electron chi connectivity index (χ0n) is 9.16. The number of H-pyrrole nitrogens is 1. The minimum Gasteiger partial charge on any atom is -0.285 e. The molecule has 0 aliphatic carbocycles. The van der Waals surface area contributed by atoms with Gasteiger partial charge in [0.1, 0.15) is 0 Å². The molecule has 3 aromatic rings. The van der Waals surface area contributed by atoms with Crippen LogP contribution in [0.4, 0.5) is 4.79 Å². The quantitative estimate of drug-likeness (QED) is 0.322. The average Bonchev–Trinajstić information content (AvgIpc) is 3.06. The SMILES string of the molecule is NNC(=O)n1ccc2cnc(-c3cn[nH]c3)nc21. The largest absolute Gasteiger partial charge is 0.341 e. The van der Waals surface area contributed by atoms with E-state index in [0.29, 0.717) is 11.5 Å². The number of aromatic nitrogens is 5. The summed E-state index contributed by atoms with van der Waals surface area (Å²) in [4.78, 5) is 20.1. The molecule has 0 unspecified atom stereocenters. The predicted octanol–water partition coefficient (Wildman–Crippen LogP) is 0.253. The summed E-state index contributed by atoms with van der Waals surface area (Å²) in [5.41, 5.74) is 3.30. The maximum absolute atomic E-state index is 11.5. The molecule has 0 atom stereocenters. The molecule has 0 aromatic carbocycles. The van der Waals surface area contributed by atoms with E-state index in [-0.39, 0.29) is 0 Å². The van der Waals surface area contributed by atoms with Crippen LogP contribution in [0.15, 0.2) is 30.9 Å². The van der Waals surface area contributed by atoms with Crippen LogP contribution in [0.2, 0.25) is 0 Å². The van der Waals surface area contributed by atoms with Crippen molar-refractivity contribution in [1.82, 2.24) is 30.2 Å². The van der Waals surface area contributed by atoms with Crippen LogP contribution in [0, 0.1) is 0 Å².